The third-order valence-electron chi connectivity index (χ3n) is 4.39. The van der Waals surface area contributed by atoms with Gasteiger partial charge in [-0.05, 0) is 54.5 Å². The number of carbonyl (C=O) groups is 2. The molecule has 6 heteroatoms. The third-order valence-corrected chi connectivity index (χ3v) is 5.07. The Morgan fingerprint density at radius 3 is 2.56 bits per heavy atom. The lowest BCUT2D eigenvalue weighted by molar-refractivity contribution is -0.119. The number of esters is 1. The quantitative estimate of drug-likeness (QED) is 0.827. The van der Waals surface area contributed by atoms with Gasteiger partial charge in [-0.2, -0.15) is 11.3 Å². The van der Waals surface area contributed by atoms with Crippen molar-refractivity contribution < 1.29 is 14.3 Å². The number of amides is 1. The Hall–Kier alpha value is -2.34. The summed E-state index contributed by atoms with van der Waals surface area (Å²) in [6, 6.07) is 9.47. The van der Waals surface area contributed by atoms with E-state index in [0.29, 0.717) is 11.3 Å². The van der Waals surface area contributed by atoms with E-state index in [9.17, 15) is 9.59 Å². The van der Waals surface area contributed by atoms with E-state index in [2.05, 4.69) is 17.1 Å². The van der Waals surface area contributed by atoms with Crippen LogP contribution in [0.1, 0.15) is 30.1 Å². The van der Waals surface area contributed by atoms with Gasteiger partial charge in [0.05, 0.1) is 5.56 Å². The highest BCUT2D eigenvalue weighted by Crippen LogP contribution is 2.24. The second-order valence-corrected chi connectivity index (χ2v) is 7.13. The zero-order valence-corrected chi connectivity index (χ0v) is 15.1. The van der Waals surface area contributed by atoms with Crippen LogP contribution in [0.15, 0.2) is 41.1 Å². The molecule has 0 radical (unpaired) electrons. The van der Waals surface area contributed by atoms with E-state index in [1.54, 1.807) is 16.8 Å². The molecule has 132 valence electrons. The molecule has 1 aliphatic heterocycles. The van der Waals surface area contributed by atoms with Crippen LogP contribution >= 0.6 is 11.3 Å². The van der Waals surface area contributed by atoms with Crippen molar-refractivity contribution in [3.63, 3.8) is 0 Å². The Morgan fingerprint density at radius 2 is 1.92 bits per heavy atom. The first kappa shape index (κ1) is 17.5. The first-order chi connectivity index (χ1) is 12.1. The number of benzene rings is 1. The van der Waals surface area contributed by atoms with Gasteiger partial charge in [0.15, 0.2) is 6.61 Å². The Labute approximate surface area is 151 Å². The van der Waals surface area contributed by atoms with Gasteiger partial charge in [0.1, 0.15) is 0 Å². The van der Waals surface area contributed by atoms with Crippen molar-refractivity contribution in [2.75, 3.05) is 29.9 Å². The fourth-order valence-electron chi connectivity index (χ4n) is 2.81. The summed E-state index contributed by atoms with van der Waals surface area (Å²) in [6.45, 7) is 4.15. The highest BCUT2D eigenvalue weighted by atomic mass is 32.1. The molecule has 0 saturated carbocycles. The Balaban J connectivity index is 1.47. The summed E-state index contributed by atoms with van der Waals surface area (Å²) in [5.74, 6) is -0.0270. The predicted octanol–water partition coefficient (Wildman–Crippen LogP) is 3.78. The molecule has 0 unspecified atom stereocenters. The Bertz CT molecular complexity index is 705. The zero-order chi connectivity index (χ0) is 17.6. The zero-order valence-electron chi connectivity index (χ0n) is 14.2. The molecule has 1 saturated heterocycles. The molecule has 1 N–H and O–H groups in total. The molecular formula is C19H22N2O3S. The van der Waals surface area contributed by atoms with Crippen molar-refractivity contribution in [1.29, 1.82) is 0 Å². The minimum absolute atomic E-state index is 0.291. The van der Waals surface area contributed by atoms with Crippen molar-refractivity contribution in [3.8, 4) is 0 Å². The minimum atomic E-state index is -0.480. The van der Waals surface area contributed by atoms with Crippen molar-refractivity contribution >= 4 is 34.6 Å². The fraction of sp³-hybridized carbons (Fsp3) is 0.368. The van der Waals surface area contributed by atoms with Crippen LogP contribution in [0.5, 0.6) is 0 Å². The Morgan fingerprint density at radius 1 is 1.20 bits per heavy atom. The maximum atomic E-state index is 11.9. The molecule has 1 fully saturated rings. The third kappa shape index (κ3) is 4.82. The van der Waals surface area contributed by atoms with Crippen molar-refractivity contribution in [2.45, 2.75) is 19.8 Å². The van der Waals surface area contributed by atoms with E-state index >= 15 is 0 Å². The first-order valence-electron chi connectivity index (χ1n) is 8.46. The molecule has 1 amide bonds. The van der Waals surface area contributed by atoms with Gasteiger partial charge in [-0.3, -0.25) is 4.79 Å². The number of thiophene rings is 1. The number of nitrogens with one attached hydrogen (secondary N) is 1. The topological polar surface area (TPSA) is 58.6 Å². The smallest absolute Gasteiger partial charge is 0.339 e. The van der Waals surface area contributed by atoms with Gasteiger partial charge >= 0.3 is 5.97 Å². The van der Waals surface area contributed by atoms with Crippen LogP contribution in [-0.4, -0.2) is 31.6 Å². The second-order valence-electron chi connectivity index (χ2n) is 6.35. The second kappa shape index (κ2) is 8.16. The maximum Gasteiger partial charge on any atom is 0.339 e. The number of nitrogens with zero attached hydrogens (tertiary/aromatic N) is 1. The molecule has 25 heavy (non-hydrogen) atoms. The van der Waals surface area contributed by atoms with Gasteiger partial charge in [-0.15, -0.1) is 0 Å². The van der Waals surface area contributed by atoms with Gasteiger partial charge in [0.2, 0.25) is 0 Å². The molecule has 2 heterocycles. The molecule has 5 nitrogen and oxygen atoms in total. The number of hydrogen-bond donors (Lipinski definition) is 1. The van der Waals surface area contributed by atoms with E-state index in [4.69, 9.17) is 4.74 Å². The summed E-state index contributed by atoms with van der Waals surface area (Å²) in [5.41, 5.74) is 2.34. The number of carbonyl (C=O) groups excluding carboxylic acids is 2. The number of anilines is 2. The monoisotopic (exact) mass is 358 g/mol. The molecule has 0 aliphatic carbocycles. The fourth-order valence-corrected chi connectivity index (χ4v) is 3.44. The number of ether oxygens (including phenoxy) is 1. The van der Waals surface area contributed by atoms with Crippen LogP contribution in [0.25, 0.3) is 0 Å². The Kier molecular flexibility index (Phi) is 5.71. The van der Waals surface area contributed by atoms with E-state index in [0.717, 1.165) is 19.0 Å². The standard InChI is InChI=1S/C19H22N2O3S/c1-14-6-9-21(10-7-14)17-4-2-16(3-5-17)20-18(22)12-24-19(23)15-8-11-25-13-15/h2-5,8,11,13-14H,6-7,9-10,12H2,1H3,(H,20,22). The summed E-state index contributed by atoms with van der Waals surface area (Å²) in [4.78, 5) is 26.0. The van der Waals surface area contributed by atoms with Gasteiger partial charge in [0.25, 0.3) is 5.91 Å². The molecule has 3 rings (SSSR count). The summed E-state index contributed by atoms with van der Waals surface area (Å²) < 4.78 is 5.00. The van der Waals surface area contributed by atoms with Gasteiger partial charge < -0.3 is 15.0 Å². The molecule has 2 aromatic rings. The molecule has 1 aromatic carbocycles. The molecule has 0 atom stereocenters. The average molecular weight is 358 g/mol. The molecule has 1 aromatic heterocycles. The molecule has 1 aliphatic rings. The molecule has 0 bridgehead atoms. The normalized spacial score (nSPS) is 15.0. The lowest BCUT2D eigenvalue weighted by atomic mass is 9.99. The van der Waals surface area contributed by atoms with Crippen LogP contribution < -0.4 is 10.2 Å². The molecular weight excluding hydrogens is 336 g/mol. The van der Waals surface area contributed by atoms with Gasteiger partial charge in [0, 0.05) is 29.8 Å². The minimum Gasteiger partial charge on any atom is -0.452 e. The number of rotatable bonds is 5. The maximum absolute atomic E-state index is 11.9. The summed E-state index contributed by atoms with van der Waals surface area (Å²) >= 11 is 1.41. The first-order valence-corrected chi connectivity index (χ1v) is 9.40. The van der Waals surface area contributed by atoms with Crippen molar-refractivity contribution in [2.24, 2.45) is 5.92 Å². The van der Waals surface area contributed by atoms with Crippen LogP contribution in [0.3, 0.4) is 0 Å². The van der Waals surface area contributed by atoms with Crippen molar-refractivity contribution in [1.82, 2.24) is 0 Å². The largest absolute Gasteiger partial charge is 0.452 e. The predicted molar refractivity (Wildman–Crippen MR) is 100 cm³/mol. The molecule has 0 spiro atoms. The van der Waals surface area contributed by atoms with Crippen LogP contribution in [-0.2, 0) is 9.53 Å². The lowest BCUT2D eigenvalue weighted by Gasteiger charge is -2.32. The van der Waals surface area contributed by atoms with E-state index in [-0.39, 0.29) is 12.5 Å². The SMILES string of the molecule is CC1CCN(c2ccc(NC(=O)COC(=O)c3ccsc3)cc2)CC1. The summed E-state index contributed by atoms with van der Waals surface area (Å²) in [5, 5.41) is 6.24. The highest BCUT2D eigenvalue weighted by Gasteiger charge is 2.16. The van der Waals surface area contributed by atoms with E-state index in [1.165, 1.54) is 29.9 Å². The van der Waals surface area contributed by atoms with Crippen LogP contribution in [0.2, 0.25) is 0 Å². The summed E-state index contributed by atoms with van der Waals surface area (Å²) in [7, 11) is 0. The van der Waals surface area contributed by atoms with Crippen molar-refractivity contribution in [3.05, 3.63) is 46.7 Å². The van der Waals surface area contributed by atoms with Gasteiger partial charge in [-0.25, -0.2) is 4.79 Å². The number of hydrogen-bond acceptors (Lipinski definition) is 5. The average Bonchev–Trinajstić information content (AvgIpc) is 3.16. The van der Waals surface area contributed by atoms with E-state index in [1.807, 2.05) is 24.3 Å². The van der Waals surface area contributed by atoms with Crippen LogP contribution in [0.4, 0.5) is 11.4 Å². The van der Waals surface area contributed by atoms with Gasteiger partial charge in [-0.1, -0.05) is 6.92 Å². The van der Waals surface area contributed by atoms with E-state index < -0.39 is 5.97 Å². The highest BCUT2D eigenvalue weighted by molar-refractivity contribution is 7.08. The van der Waals surface area contributed by atoms with Crippen LogP contribution in [0, 0.1) is 5.92 Å². The summed E-state index contributed by atoms with van der Waals surface area (Å²) in [6.07, 6.45) is 2.43. The number of piperidine rings is 1. The lowest BCUT2D eigenvalue weighted by Crippen LogP contribution is -2.32.